The van der Waals surface area contributed by atoms with Gasteiger partial charge in [0.05, 0.1) is 13.2 Å². The van der Waals surface area contributed by atoms with Crippen molar-refractivity contribution in [2.75, 3.05) is 13.2 Å². The monoisotopic (exact) mass is 229 g/mol. The molecule has 2 nitrogen and oxygen atoms in total. The van der Waals surface area contributed by atoms with Crippen LogP contribution < -0.4 is 10.1 Å². The third kappa shape index (κ3) is 2.81. The molecule has 1 N–H and O–H groups in total. The second-order valence-electron chi connectivity index (χ2n) is 4.23. The Morgan fingerprint density at radius 2 is 2.35 bits per heavy atom. The van der Waals surface area contributed by atoms with Gasteiger partial charge in [-0.05, 0) is 30.5 Å². The number of nitrogens with one attached hydrogen (secondary N) is 1. The molecule has 0 bridgehead atoms. The van der Waals surface area contributed by atoms with E-state index in [1.165, 1.54) is 11.1 Å². The maximum atomic E-state index is 5.52. The molecule has 0 spiro atoms. The minimum Gasteiger partial charge on any atom is -0.493 e. The van der Waals surface area contributed by atoms with E-state index in [1.54, 1.807) is 0 Å². The van der Waals surface area contributed by atoms with Gasteiger partial charge in [0.2, 0.25) is 0 Å². The second kappa shape index (κ2) is 5.75. The summed E-state index contributed by atoms with van der Waals surface area (Å²) in [7, 11) is 0. The number of ether oxygens (including phenoxy) is 1. The predicted octanol–water partition coefficient (Wildman–Crippen LogP) is 2.69. The summed E-state index contributed by atoms with van der Waals surface area (Å²) >= 11 is 0. The van der Waals surface area contributed by atoms with Crippen molar-refractivity contribution in [1.29, 1.82) is 0 Å². The molecule has 0 aliphatic carbocycles. The molecule has 17 heavy (non-hydrogen) atoms. The lowest BCUT2D eigenvalue weighted by Gasteiger charge is -2.16. The van der Waals surface area contributed by atoms with Crippen LogP contribution in [0.4, 0.5) is 0 Å². The lowest BCUT2D eigenvalue weighted by molar-refractivity contribution is 0.356. The molecular formula is C15H19NO. The van der Waals surface area contributed by atoms with Gasteiger partial charge in [0.15, 0.2) is 0 Å². The summed E-state index contributed by atoms with van der Waals surface area (Å²) in [5.41, 5.74) is 2.68. The number of fused-ring (bicyclic) bond motifs is 1. The number of rotatable bonds is 4. The fourth-order valence-corrected chi connectivity index (χ4v) is 2.18. The smallest absolute Gasteiger partial charge is 0.122 e. The van der Waals surface area contributed by atoms with Crippen molar-refractivity contribution < 1.29 is 4.74 Å². The van der Waals surface area contributed by atoms with Crippen molar-refractivity contribution in [3.05, 3.63) is 29.3 Å². The molecule has 1 heterocycles. The standard InChI is InChI=1S/C15H19NO/c1-3-5-9-16-14(4-2)12-6-7-15-13(11-12)8-10-17-15/h6-7,11,14,16H,4,8-10H2,1-2H3. The van der Waals surface area contributed by atoms with Crippen molar-refractivity contribution in [1.82, 2.24) is 5.32 Å². The van der Waals surface area contributed by atoms with E-state index < -0.39 is 0 Å². The highest BCUT2D eigenvalue weighted by Crippen LogP contribution is 2.28. The van der Waals surface area contributed by atoms with E-state index in [-0.39, 0.29) is 0 Å². The van der Waals surface area contributed by atoms with Crippen LogP contribution >= 0.6 is 0 Å². The fraction of sp³-hybridized carbons (Fsp3) is 0.467. The van der Waals surface area contributed by atoms with Crippen molar-refractivity contribution >= 4 is 0 Å². The zero-order valence-electron chi connectivity index (χ0n) is 10.5. The first-order valence-corrected chi connectivity index (χ1v) is 6.23. The van der Waals surface area contributed by atoms with E-state index in [2.05, 4.69) is 42.3 Å². The Balaban J connectivity index is 2.10. The summed E-state index contributed by atoms with van der Waals surface area (Å²) in [6, 6.07) is 6.91. The van der Waals surface area contributed by atoms with E-state index in [4.69, 9.17) is 4.74 Å². The van der Waals surface area contributed by atoms with Crippen LogP contribution in [0.1, 0.15) is 37.4 Å². The van der Waals surface area contributed by atoms with Gasteiger partial charge >= 0.3 is 0 Å². The van der Waals surface area contributed by atoms with Gasteiger partial charge in [0.25, 0.3) is 0 Å². The third-order valence-electron chi connectivity index (χ3n) is 3.14. The van der Waals surface area contributed by atoms with Crippen LogP contribution in [0.2, 0.25) is 0 Å². The minimum atomic E-state index is 0.391. The van der Waals surface area contributed by atoms with Gasteiger partial charge in [-0.3, -0.25) is 5.32 Å². The first-order chi connectivity index (χ1) is 8.35. The van der Waals surface area contributed by atoms with Gasteiger partial charge in [-0.1, -0.05) is 25.0 Å². The van der Waals surface area contributed by atoms with E-state index in [1.807, 2.05) is 6.92 Å². The van der Waals surface area contributed by atoms with E-state index in [0.29, 0.717) is 6.04 Å². The van der Waals surface area contributed by atoms with E-state index in [9.17, 15) is 0 Å². The van der Waals surface area contributed by atoms with Crippen LogP contribution in [0, 0.1) is 11.8 Å². The molecule has 0 amide bonds. The van der Waals surface area contributed by atoms with Gasteiger partial charge < -0.3 is 4.74 Å². The molecule has 0 saturated heterocycles. The molecule has 1 aromatic rings. The molecule has 0 radical (unpaired) electrons. The maximum absolute atomic E-state index is 5.52. The molecule has 1 aromatic carbocycles. The average Bonchev–Trinajstić information content (AvgIpc) is 2.82. The highest BCUT2D eigenvalue weighted by molar-refractivity contribution is 5.40. The Morgan fingerprint density at radius 3 is 3.12 bits per heavy atom. The van der Waals surface area contributed by atoms with Crippen LogP contribution in [-0.4, -0.2) is 13.2 Å². The zero-order valence-corrected chi connectivity index (χ0v) is 10.5. The number of hydrogen-bond acceptors (Lipinski definition) is 2. The zero-order chi connectivity index (χ0) is 12.1. The van der Waals surface area contributed by atoms with Crippen molar-refractivity contribution in [3.8, 4) is 17.6 Å². The third-order valence-corrected chi connectivity index (χ3v) is 3.14. The van der Waals surface area contributed by atoms with Crippen molar-refractivity contribution in [3.63, 3.8) is 0 Å². The largest absolute Gasteiger partial charge is 0.493 e. The van der Waals surface area contributed by atoms with Gasteiger partial charge in [0.1, 0.15) is 5.75 Å². The number of hydrogen-bond donors (Lipinski definition) is 1. The van der Waals surface area contributed by atoms with Gasteiger partial charge in [-0.2, -0.15) is 0 Å². The molecule has 1 aliphatic heterocycles. The van der Waals surface area contributed by atoms with Crippen LogP contribution in [0.25, 0.3) is 0 Å². The predicted molar refractivity (Wildman–Crippen MR) is 70.1 cm³/mol. The van der Waals surface area contributed by atoms with Gasteiger partial charge in [-0.15, -0.1) is 5.92 Å². The maximum Gasteiger partial charge on any atom is 0.122 e. The first-order valence-electron chi connectivity index (χ1n) is 6.23. The molecule has 1 atom stereocenters. The molecule has 2 heteroatoms. The summed E-state index contributed by atoms with van der Waals surface area (Å²) in [5.74, 6) is 7.01. The second-order valence-corrected chi connectivity index (χ2v) is 4.23. The van der Waals surface area contributed by atoms with E-state index in [0.717, 1.165) is 31.7 Å². The quantitative estimate of drug-likeness (QED) is 0.801. The summed E-state index contributed by atoms with van der Waals surface area (Å²) in [6.07, 6.45) is 2.11. The topological polar surface area (TPSA) is 21.3 Å². The Labute approximate surface area is 103 Å². The Morgan fingerprint density at radius 1 is 1.47 bits per heavy atom. The molecule has 2 rings (SSSR count). The fourth-order valence-electron chi connectivity index (χ4n) is 2.18. The summed E-state index contributed by atoms with van der Waals surface area (Å²) < 4.78 is 5.52. The number of benzene rings is 1. The van der Waals surface area contributed by atoms with Crippen molar-refractivity contribution in [2.45, 2.75) is 32.7 Å². The summed E-state index contributed by atoms with van der Waals surface area (Å²) in [5, 5.41) is 3.46. The van der Waals surface area contributed by atoms with Gasteiger partial charge in [-0.25, -0.2) is 0 Å². The van der Waals surface area contributed by atoms with Gasteiger partial charge in [0, 0.05) is 12.5 Å². The highest BCUT2D eigenvalue weighted by Gasteiger charge is 2.15. The van der Waals surface area contributed by atoms with Crippen LogP contribution in [0.5, 0.6) is 5.75 Å². The minimum absolute atomic E-state index is 0.391. The molecule has 1 unspecified atom stereocenters. The lowest BCUT2D eigenvalue weighted by atomic mass is 10.0. The lowest BCUT2D eigenvalue weighted by Crippen LogP contribution is -2.21. The van der Waals surface area contributed by atoms with Crippen molar-refractivity contribution in [2.24, 2.45) is 0 Å². The Kier molecular flexibility index (Phi) is 4.06. The Bertz CT molecular complexity index is 442. The van der Waals surface area contributed by atoms with E-state index >= 15 is 0 Å². The average molecular weight is 229 g/mol. The van der Waals surface area contributed by atoms with Crippen LogP contribution in [0.3, 0.4) is 0 Å². The normalized spacial score (nSPS) is 14.5. The molecule has 0 fully saturated rings. The summed E-state index contributed by atoms with van der Waals surface area (Å²) in [6.45, 7) is 5.64. The van der Waals surface area contributed by atoms with Crippen LogP contribution in [0.15, 0.2) is 18.2 Å². The molecule has 90 valence electrons. The molecule has 1 aliphatic rings. The molecule has 0 aromatic heterocycles. The van der Waals surface area contributed by atoms with Crippen LogP contribution in [-0.2, 0) is 6.42 Å². The highest BCUT2D eigenvalue weighted by atomic mass is 16.5. The SMILES string of the molecule is CC#CCNC(CC)c1ccc2c(c1)CCO2. The molecular weight excluding hydrogens is 210 g/mol. The molecule has 0 saturated carbocycles. The first kappa shape index (κ1) is 12.0. The Hall–Kier alpha value is -1.46. The summed E-state index contributed by atoms with van der Waals surface area (Å²) in [4.78, 5) is 0.